The van der Waals surface area contributed by atoms with E-state index in [1.54, 1.807) is 6.07 Å². The first kappa shape index (κ1) is 11.9. The van der Waals surface area contributed by atoms with Crippen LogP contribution in [0.25, 0.3) is 0 Å². The van der Waals surface area contributed by atoms with Gasteiger partial charge in [0.15, 0.2) is 0 Å². The molecule has 1 aromatic carbocycles. The van der Waals surface area contributed by atoms with E-state index in [0.717, 1.165) is 6.42 Å². The van der Waals surface area contributed by atoms with Crippen LogP contribution in [0.4, 0.5) is 5.69 Å². The number of alkyl halides is 1. The molecule has 0 unspecified atom stereocenters. The minimum atomic E-state index is -0.232. The van der Waals surface area contributed by atoms with Crippen molar-refractivity contribution < 1.29 is 9.53 Å². The van der Waals surface area contributed by atoms with Gasteiger partial charge in [0, 0.05) is 0 Å². The van der Waals surface area contributed by atoms with Gasteiger partial charge >= 0.3 is 0 Å². The van der Waals surface area contributed by atoms with E-state index in [4.69, 9.17) is 16.3 Å². The van der Waals surface area contributed by atoms with Crippen molar-refractivity contribution in [2.24, 2.45) is 0 Å². The molecule has 0 aromatic heterocycles. The van der Waals surface area contributed by atoms with E-state index in [0.29, 0.717) is 18.0 Å². The van der Waals surface area contributed by atoms with E-state index in [1.807, 2.05) is 25.1 Å². The second-order valence-electron chi connectivity index (χ2n) is 3.03. The van der Waals surface area contributed by atoms with Crippen molar-refractivity contribution in [1.82, 2.24) is 0 Å². The van der Waals surface area contributed by atoms with Crippen LogP contribution < -0.4 is 10.1 Å². The van der Waals surface area contributed by atoms with Crippen LogP contribution in [0.1, 0.15) is 13.3 Å². The SMILES string of the molecule is CCCOc1ccccc1NC(=O)CCl. The van der Waals surface area contributed by atoms with Crippen molar-refractivity contribution >= 4 is 23.2 Å². The summed E-state index contributed by atoms with van der Waals surface area (Å²) in [5.74, 6) is 0.393. The summed E-state index contributed by atoms with van der Waals surface area (Å²) in [6.45, 7) is 2.66. The zero-order valence-electron chi connectivity index (χ0n) is 8.63. The van der Waals surface area contributed by atoms with E-state index >= 15 is 0 Å². The highest BCUT2D eigenvalue weighted by atomic mass is 35.5. The summed E-state index contributed by atoms with van der Waals surface area (Å²) in [6.07, 6.45) is 0.928. The van der Waals surface area contributed by atoms with Crippen LogP contribution in [0.2, 0.25) is 0 Å². The topological polar surface area (TPSA) is 38.3 Å². The van der Waals surface area contributed by atoms with Gasteiger partial charge in [-0.2, -0.15) is 0 Å². The summed E-state index contributed by atoms with van der Waals surface area (Å²) in [6, 6.07) is 7.30. The molecule has 0 atom stereocenters. The van der Waals surface area contributed by atoms with Crippen LogP contribution in [0, 0.1) is 0 Å². The maximum Gasteiger partial charge on any atom is 0.239 e. The molecule has 1 N–H and O–H groups in total. The predicted octanol–water partition coefficient (Wildman–Crippen LogP) is 2.65. The Morgan fingerprint density at radius 1 is 1.47 bits per heavy atom. The molecule has 0 aliphatic carbocycles. The minimum Gasteiger partial charge on any atom is -0.491 e. The van der Waals surface area contributed by atoms with Crippen LogP contribution in [0.3, 0.4) is 0 Å². The van der Waals surface area contributed by atoms with Crippen molar-refractivity contribution in [3.63, 3.8) is 0 Å². The zero-order chi connectivity index (χ0) is 11.1. The van der Waals surface area contributed by atoms with E-state index in [2.05, 4.69) is 5.32 Å². The number of rotatable bonds is 5. The monoisotopic (exact) mass is 227 g/mol. The number of para-hydroxylation sites is 2. The van der Waals surface area contributed by atoms with Gasteiger partial charge in [0.05, 0.1) is 12.3 Å². The number of ether oxygens (including phenoxy) is 1. The minimum absolute atomic E-state index is 0.0535. The van der Waals surface area contributed by atoms with Crippen molar-refractivity contribution in [2.75, 3.05) is 17.8 Å². The Labute approximate surface area is 94.4 Å². The average Bonchev–Trinajstić information content (AvgIpc) is 2.28. The van der Waals surface area contributed by atoms with Crippen molar-refractivity contribution in [3.05, 3.63) is 24.3 Å². The van der Waals surface area contributed by atoms with E-state index in [1.165, 1.54) is 0 Å². The average molecular weight is 228 g/mol. The Balaban J connectivity index is 2.72. The fourth-order valence-electron chi connectivity index (χ4n) is 1.09. The summed E-state index contributed by atoms with van der Waals surface area (Å²) < 4.78 is 5.47. The number of hydrogen-bond acceptors (Lipinski definition) is 2. The number of anilines is 1. The van der Waals surface area contributed by atoms with Crippen LogP contribution in [-0.2, 0) is 4.79 Å². The summed E-state index contributed by atoms with van der Waals surface area (Å²) in [7, 11) is 0. The van der Waals surface area contributed by atoms with Gasteiger partial charge in [-0.05, 0) is 18.6 Å². The smallest absolute Gasteiger partial charge is 0.239 e. The van der Waals surface area contributed by atoms with Gasteiger partial charge in [-0.15, -0.1) is 11.6 Å². The fraction of sp³-hybridized carbons (Fsp3) is 0.364. The Morgan fingerprint density at radius 2 is 2.20 bits per heavy atom. The highest BCUT2D eigenvalue weighted by molar-refractivity contribution is 6.29. The van der Waals surface area contributed by atoms with E-state index in [9.17, 15) is 4.79 Å². The van der Waals surface area contributed by atoms with Crippen LogP contribution >= 0.6 is 11.6 Å². The number of benzene rings is 1. The van der Waals surface area contributed by atoms with Gasteiger partial charge < -0.3 is 10.1 Å². The predicted molar refractivity (Wildman–Crippen MR) is 61.6 cm³/mol. The lowest BCUT2D eigenvalue weighted by atomic mass is 10.3. The molecule has 0 saturated heterocycles. The third-order valence-corrected chi connectivity index (χ3v) is 1.99. The normalized spacial score (nSPS) is 9.73. The highest BCUT2D eigenvalue weighted by Gasteiger charge is 2.05. The maximum atomic E-state index is 11.1. The lowest BCUT2D eigenvalue weighted by Gasteiger charge is -2.10. The zero-order valence-corrected chi connectivity index (χ0v) is 9.38. The Hall–Kier alpha value is -1.22. The van der Waals surface area contributed by atoms with Gasteiger partial charge in [0.25, 0.3) is 0 Å². The molecule has 15 heavy (non-hydrogen) atoms. The Morgan fingerprint density at radius 3 is 2.87 bits per heavy atom. The summed E-state index contributed by atoms with van der Waals surface area (Å²) >= 11 is 5.41. The van der Waals surface area contributed by atoms with Crippen molar-refractivity contribution in [3.8, 4) is 5.75 Å². The largest absolute Gasteiger partial charge is 0.491 e. The first-order chi connectivity index (χ1) is 7.27. The second-order valence-corrected chi connectivity index (χ2v) is 3.29. The van der Waals surface area contributed by atoms with Crippen molar-refractivity contribution in [1.29, 1.82) is 0 Å². The third-order valence-electron chi connectivity index (χ3n) is 1.74. The van der Waals surface area contributed by atoms with Gasteiger partial charge in [-0.1, -0.05) is 19.1 Å². The second kappa shape index (κ2) is 6.30. The highest BCUT2D eigenvalue weighted by Crippen LogP contribution is 2.23. The lowest BCUT2D eigenvalue weighted by molar-refractivity contribution is -0.113. The molecule has 0 bridgehead atoms. The van der Waals surface area contributed by atoms with Crippen LogP contribution in [0.15, 0.2) is 24.3 Å². The third kappa shape index (κ3) is 3.80. The Bertz CT molecular complexity index is 328. The number of amides is 1. The van der Waals surface area contributed by atoms with Crippen molar-refractivity contribution in [2.45, 2.75) is 13.3 Å². The molecule has 0 aliphatic rings. The summed E-state index contributed by atoms with van der Waals surface area (Å²) in [5, 5.41) is 2.67. The van der Waals surface area contributed by atoms with Crippen LogP contribution in [0.5, 0.6) is 5.75 Å². The molecule has 4 heteroatoms. The Kier molecular flexibility index (Phi) is 4.98. The molecule has 0 spiro atoms. The molecular formula is C11H14ClNO2. The van der Waals surface area contributed by atoms with Crippen LogP contribution in [-0.4, -0.2) is 18.4 Å². The number of carbonyl (C=O) groups excluding carboxylic acids is 1. The summed E-state index contributed by atoms with van der Waals surface area (Å²) in [5.41, 5.74) is 0.664. The van der Waals surface area contributed by atoms with E-state index < -0.39 is 0 Å². The first-order valence-corrected chi connectivity index (χ1v) is 5.39. The molecule has 1 aromatic rings. The molecule has 0 fully saturated rings. The number of halogens is 1. The number of hydrogen-bond donors (Lipinski definition) is 1. The number of nitrogens with one attached hydrogen (secondary N) is 1. The van der Waals surface area contributed by atoms with Gasteiger partial charge in [-0.3, -0.25) is 4.79 Å². The standard InChI is InChI=1S/C11H14ClNO2/c1-2-7-15-10-6-4-3-5-9(10)13-11(14)8-12/h3-6H,2,7-8H2,1H3,(H,13,14). The molecule has 1 amide bonds. The molecule has 0 radical (unpaired) electrons. The molecule has 0 saturated carbocycles. The molecule has 3 nitrogen and oxygen atoms in total. The first-order valence-electron chi connectivity index (χ1n) is 4.85. The molecule has 82 valence electrons. The maximum absolute atomic E-state index is 11.1. The fourth-order valence-corrected chi connectivity index (χ4v) is 1.16. The van der Waals surface area contributed by atoms with E-state index in [-0.39, 0.29) is 11.8 Å². The van der Waals surface area contributed by atoms with Gasteiger partial charge in [-0.25, -0.2) is 0 Å². The molecule has 0 heterocycles. The lowest BCUT2D eigenvalue weighted by Crippen LogP contribution is -2.13. The molecular weight excluding hydrogens is 214 g/mol. The number of carbonyl (C=O) groups is 1. The quantitative estimate of drug-likeness (QED) is 0.786. The van der Waals surface area contributed by atoms with Gasteiger partial charge in [0.2, 0.25) is 5.91 Å². The molecule has 1 rings (SSSR count). The summed E-state index contributed by atoms with van der Waals surface area (Å²) in [4.78, 5) is 11.1. The molecule has 0 aliphatic heterocycles. The van der Waals surface area contributed by atoms with Gasteiger partial charge in [0.1, 0.15) is 11.6 Å².